The summed E-state index contributed by atoms with van der Waals surface area (Å²) in [6, 6.07) is 9.39. The third-order valence-corrected chi connectivity index (χ3v) is 4.50. The molecule has 1 unspecified atom stereocenters. The topological polar surface area (TPSA) is 66.8 Å². The largest absolute Gasteiger partial charge is 0.481 e. The van der Waals surface area contributed by atoms with Gasteiger partial charge in [-0.05, 0) is 49.7 Å². The van der Waals surface area contributed by atoms with Crippen molar-refractivity contribution in [2.75, 3.05) is 13.1 Å². The Hall–Kier alpha value is -2.96. The highest BCUT2D eigenvalue weighted by molar-refractivity contribution is 5.95. The van der Waals surface area contributed by atoms with Crippen LogP contribution in [0.2, 0.25) is 0 Å². The van der Waals surface area contributed by atoms with Crippen molar-refractivity contribution in [3.05, 3.63) is 59.7 Å². The standard InChI is InChI=1S/C19H17F2NO4/c1-19(18(24)25)8-9-22(11-19)17(23)12-2-4-13(5-3-12)26-14-6-7-15(20)16(21)10-14/h2-7,10H,8-9,11H2,1H3,(H,24,25). The molecule has 136 valence electrons. The molecule has 0 saturated carbocycles. The summed E-state index contributed by atoms with van der Waals surface area (Å²) in [4.78, 5) is 25.3. The molecule has 1 N–H and O–H groups in total. The Morgan fingerprint density at radius 3 is 2.31 bits per heavy atom. The Morgan fingerprint density at radius 1 is 1.08 bits per heavy atom. The van der Waals surface area contributed by atoms with Crippen LogP contribution in [0.5, 0.6) is 11.5 Å². The number of hydrogen-bond donors (Lipinski definition) is 1. The molecule has 1 amide bonds. The molecule has 1 saturated heterocycles. The summed E-state index contributed by atoms with van der Waals surface area (Å²) in [6.45, 7) is 2.17. The van der Waals surface area contributed by atoms with Crippen LogP contribution in [0.15, 0.2) is 42.5 Å². The van der Waals surface area contributed by atoms with Crippen LogP contribution in [-0.4, -0.2) is 35.0 Å². The molecule has 2 aromatic rings. The second-order valence-corrected chi connectivity index (χ2v) is 6.54. The van der Waals surface area contributed by atoms with Crippen LogP contribution in [0.4, 0.5) is 8.78 Å². The Morgan fingerprint density at radius 2 is 1.73 bits per heavy atom. The number of carbonyl (C=O) groups excluding carboxylic acids is 1. The van der Waals surface area contributed by atoms with Crippen LogP contribution in [0.25, 0.3) is 0 Å². The van der Waals surface area contributed by atoms with Gasteiger partial charge in [0.15, 0.2) is 11.6 Å². The summed E-state index contributed by atoms with van der Waals surface area (Å²) in [6.07, 6.45) is 0.408. The van der Waals surface area contributed by atoms with Crippen molar-refractivity contribution in [3.63, 3.8) is 0 Å². The third-order valence-electron chi connectivity index (χ3n) is 4.50. The lowest BCUT2D eigenvalue weighted by Crippen LogP contribution is -2.34. The van der Waals surface area contributed by atoms with E-state index in [2.05, 4.69) is 0 Å². The van der Waals surface area contributed by atoms with Gasteiger partial charge < -0.3 is 14.7 Å². The van der Waals surface area contributed by atoms with Gasteiger partial charge in [0.05, 0.1) is 5.41 Å². The van der Waals surface area contributed by atoms with Crippen molar-refractivity contribution in [1.29, 1.82) is 0 Å². The molecule has 0 spiro atoms. The number of ether oxygens (including phenoxy) is 1. The van der Waals surface area contributed by atoms with Crippen LogP contribution in [0.3, 0.4) is 0 Å². The van der Waals surface area contributed by atoms with Gasteiger partial charge in [0.2, 0.25) is 0 Å². The third kappa shape index (κ3) is 3.51. The van der Waals surface area contributed by atoms with E-state index in [1.165, 1.54) is 11.0 Å². The average Bonchev–Trinajstić information content (AvgIpc) is 3.02. The molecule has 5 nitrogen and oxygen atoms in total. The van der Waals surface area contributed by atoms with Crippen LogP contribution < -0.4 is 4.74 Å². The number of carboxylic acids is 1. The monoisotopic (exact) mass is 361 g/mol. The number of rotatable bonds is 4. The van der Waals surface area contributed by atoms with E-state index >= 15 is 0 Å². The van der Waals surface area contributed by atoms with Crippen molar-refractivity contribution in [3.8, 4) is 11.5 Å². The molecule has 26 heavy (non-hydrogen) atoms. The minimum atomic E-state index is -1.01. The van der Waals surface area contributed by atoms with Crippen molar-refractivity contribution >= 4 is 11.9 Å². The highest BCUT2D eigenvalue weighted by atomic mass is 19.2. The molecule has 0 bridgehead atoms. The van der Waals surface area contributed by atoms with E-state index in [-0.39, 0.29) is 18.2 Å². The van der Waals surface area contributed by atoms with Gasteiger partial charge in [0.1, 0.15) is 11.5 Å². The van der Waals surface area contributed by atoms with E-state index in [1.807, 2.05) is 0 Å². The zero-order valence-corrected chi connectivity index (χ0v) is 14.0. The first kappa shape index (κ1) is 17.8. The summed E-state index contributed by atoms with van der Waals surface area (Å²) in [5.41, 5.74) is -0.525. The first-order valence-electron chi connectivity index (χ1n) is 8.04. The molecule has 1 heterocycles. The van der Waals surface area contributed by atoms with Crippen LogP contribution in [-0.2, 0) is 4.79 Å². The zero-order valence-electron chi connectivity index (χ0n) is 14.0. The molecule has 7 heteroatoms. The quantitative estimate of drug-likeness (QED) is 0.902. The summed E-state index contributed by atoms with van der Waals surface area (Å²) in [5.74, 6) is -2.64. The van der Waals surface area contributed by atoms with E-state index in [0.29, 0.717) is 24.3 Å². The van der Waals surface area contributed by atoms with Gasteiger partial charge in [0.25, 0.3) is 5.91 Å². The van der Waals surface area contributed by atoms with Gasteiger partial charge in [0, 0.05) is 24.7 Å². The summed E-state index contributed by atoms with van der Waals surface area (Å²) < 4.78 is 31.5. The zero-order chi connectivity index (χ0) is 18.9. The van der Waals surface area contributed by atoms with Crippen molar-refractivity contribution in [1.82, 2.24) is 4.90 Å². The van der Waals surface area contributed by atoms with Crippen LogP contribution in [0, 0.1) is 17.0 Å². The van der Waals surface area contributed by atoms with Gasteiger partial charge in [-0.2, -0.15) is 0 Å². The van der Waals surface area contributed by atoms with Gasteiger partial charge in [-0.3, -0.25) is 9.59 Å². The number of carboxylic acid groups (broad SMARTS) is 1. The maximum atomic E-state index is 13.2. The van der Waals surface area contributed by atoms with Crippen molar-refractivity contribution in [2.24, 2.45) is 5.41 Å². The molecule has 0 aromatic heterocycles. The van der Waals surface area contributed by atoms with Crippen molar-refractivity contribution in [2.45, 2.75) is 13.3 Å². The Bertz CT molecular complexity index is 853. The van der Waals surface area contributed by atoms with Gasteiger partial charge in [-0.1, -0.05) is 0 Å². The Balaban J connectivity index is 1.68. The molecule has 1 atom stereocenters. The molecular formula is C19H17F2NO4. The fourth-order valence-electron chi connectivity index (χ4n) is 2.83. The second-order valence-electron chi connectivity index (χ2n) is 6.54. The molecule has 3 rings (SSSR count). The summed E-state index contributed by atoms with van der Waals surface area (Å²) in [7, 11) is 0. The van der Waals surface area contributed by atoms with Crippen molar-refractivity contribution < 1.29 is 28.2 Å². The lowest BCUT2D eigenvalue weighted by Gasteiger charge is -2.20. The smallest absolute Gasteiger partial charge is 0.311 e. The molecule has 0 radical (unpaired) electrons. The predicted octanol–water partition coefficient (Wildman–Crippen LogP) is 3.69. The second kappa shape index (κ2) is 6.74. The number of hydrogen-bond acceptors (Lipinski definition) is 3. The Kier molecular flexibility index (Phi) is 4.63. The van der Waals surface area contributed by atoms with Crippen LogP contribution in [0.1, 0.15) is 23.7 Å². The number of aliphatic carboxylic acids is 1. The SMILES string of the molecule is CC1(C(=O)O)CCN(C(=O)c2ccc(Oc3ccc(F)c(F)c3)cc2)C1. The highest BCUT2D eigenvalue weighted by Gasteiger charge is 2.42. The summed E-state index contributed by atoms with van der Waals surface area (Å²) >= 11 is 0. The first-order valence-corrected chi connectivity index (χ1v) is 8.04. The molecular weight excluding hydrogens is 344 g/mol. The summed E-state index contributed by atoms with van der Waals surface area (Å²) in [5, 5.41) is 9.25. The normalized spacial score (nSPS) is 19.4. The van der Waals surface area contributed by atoms with E-state index in [9.17, 15) is 23.5 Å². The number of amides is 1. The lowest BCUT2D eigenvalue weighted by molar-refractivity contribution is -0.147. The van der Waals surface area contributed by atoms with Gasteiger partial charge in [-0.25, -0.2) is 8.78 Å². The predicted molar refractivity (Wildman–Crippen MR) is 89.1 cm³/mol. The van der Waals surface area contributed by atoms with E-state index in [0.717, 1.165) is 12.1 Å². The minimum absolute atomic E-state index is 0.139. The fourth-order valence-corrected chi connectivity index (χ4v) is 2.83. The fraction of sp³-hybridized carbons (Fsp3) is 0.263. The number of benzene rings is 2. The number of carbonyl (C=O) groups is 2. The van der Waals surface area contributed by atoms with Gasteiger partial charge >= 0.3 is 5.97 Å². The molecule has 1 aliphatic heterocycles. The Labute approximate surface area is 148 Å². The van der Waals surface area contributed by atoms with E-state index < -0.39 is 23.0 Å². The number of likely N-dealkylation sites (tertiary alicyclic amines) is 1. The molecule has 1 fully saturated rings. The maximum absolute atomic E-state index is 13.2. The highest BCUT2D eigenvalue weighted by Crippen LogP contribution is 2.31. The lowest BCUT2D eigenvalue weighted by atomic mass is 9.90. The average molecular weight is 361 g/mol. The molecule has 2 aromatic carbocycles. The van der Waals surface area contributed by atoms with Crippen LogP contribution >= 0.6 is 0 Å². The molecule has 1 aliphatic rings. The van der Waals surface area contributed by atoms with Gasteiger partial charge in [-0.15, -0.1) is 0 Å². The number of halogens is 2. The van der Waals surface area contributed by atoms with E-state index in [4.69, 9.17) is 4.74 Å². The van der Waals surface area contributed by atoms with E-state index in [1.54, 1.807) is 31.2 Å². The first-order chi connectivity index (χ1) is 12.3. The maximum Gasteiger partial charge on any atom is 0.311 e. The number of nitrogens with zero attached hydrogens (tertiary/aromatic N) is 1. The minimum Gasteiger partial charge on any atom is -0.481 e. The molecule has 0 aliphatic carbocycles.